The number of hydrogen-bond donors (Lipinski definition) is 3. The van der Waals surface area contributed by atoms with Gasteiger partial charge in [-0.1, -0.05) is 6.07 Å². The van der Waals surface area contributed by atoms with Crippen LogP contribution in [0.5, 0.6) is 0 Å². The largest absolute Gasteiger partial charge is 0.417 e. The predicted octanol–water partition coefficient (Wildman–Crippen LogP) is 0.982. The van der Waals surface area contributed by atoms with Crippen molar-refractivity contribution in [3.8, 4) is 0 Å². The molecule has 0 aliphatic heterocycles. The second kappa shape index (κ2) is 4.35. The number of aromatic nitrogens is 1. The molecule has 0 saturated carbocycles. The van der Waals surface area contributed by atoms with Gasteiger partial charge in [-0.15, -0.1) is 0 Å². The molecular weight excluding hydrogens is 220 g/mol. The summed E-state index contributed by atoms with van der Waals surface area (Å²) in [6, 6.07) is 5.52. The molecule has 5 nitrogen and oxygen atoms in total. The number of hydrogen-bond acceptors (Lipinski definition) is 4. The van der Waals surface area contributed by atoms with Crippen molar-refractivity contribution in [2.75, 3.05) is 6.54 Å². The van der Waals surface area contributed by atoms with Gasteiger partial charge in [0.2, 0.25) is 0 Å². The second-order valence-corrected chi connectivity index (χ2v) is 4.76. The Hall–Kier alpha value is -1.59. The summed E-state index contributed by atoms with van der Waals surface area (Å²) >= 11 is 0. The van der Waals surface area contributed by atoms with E-state index in [2.05, 4.69) is 10.3 Å². The molecule has 0 aliphatic rings. The zero-order chi connectivity index (χ0) is 12.5. The summed E-state index contributed by atoms with van der Waals surface area (Å²) in [5.74, 6) is -0.443. The van der Waals surface area contributed by atoms with Gasteiger partial charge in [-0.05, 0) is 31.5 Å². The van der Waals surface area contributed by atoms with E-state index in [1.54, 1.807) is 19.9 Å². The van der Waals surface area contributed by atoms with Gasteiger partial charge >= 0.3 is 5.76 Å². The van der Waals surface area contributed by atoms with E-state index in [-0.39, 0.29) is 0 Å². The van der Waals surface area contributed by atoms with Crippen LogP contribution in [0.4, 0.5) is 0 Å². The average molecular weight is 236 g/mol. The molecule has 0 bridgehead atoms. The molecular formula is C12H16N2O3. The van der Waals surface area contributed by atoms with E-state index in [4.69, 9.17) is 4.42 Å². The lowest BCUT2D eigenvalue weighted by atomic mass is 10.1. The molecule has 2 rings (SSSR count). The first kappa shape index (κ1) is 11.9. The monoisotopic (exact) mass is 236 g/mol. The third-order valence-electron chi connectivity index (χ3n) is 2.37. The zero-order valence-corrected chi connectivity index (χ0v) is 9.91. The number of nitrogens with one attached hydrogen (secondary N) is 2. The first-order valence-corrected chi connectivity index (χ1v) is 5.49. The van der Waals surface area contributed by atoms with Gasteiger partial charge in [-0.3, -0.25) is 4.98 Å². The molecule has 1 heterocycles. The van der Waals surface area contributed by atoms with Gasteiger partial charge in [0.25, 0.3) is 0 Å². The normalized spacial score (nSPS) is 12.2. The summed E-state index contributed by atoms with van der Waals surface area (Å²) in [7, 11) is 0. The van der Waals surface area contributed by atoms with Gasteiger partial charge in [-0.2, -0.15) is 0 Å². The maximum atomic E-state index is 11.0. The van der Waals surface area contributed by atoms with E-state index >= 15 is 0 Å². The van der Waals surface area contributed by atoms with Crippen LogP contribution in [0.3, 0.4) is 0 Å². The molecule has 1 aromatic heterocycles. The Morgan fingerprint density at radius 3 is 2.94 bits per heavy atom. The number of aliphatic hydroxyl groups is 1. The Labute approximate surface area is 98.5 Å². The standard InChI is InChI=1S/C12H16N2O3/c1-12(2,16)7-13-6-8-3-4-9-10(5-8)17-11(15)14-9/h3-5,13,16H,6-7H2,1-2H3,(H,14,15). The molecule has 0 saturated heterocycles. The fourth-order valence-electron chi connectivity index (χ4n) is 1.61. The van der Waals surface area contributed by atoms with Crippen molar-refractivity contribution in [1.82, 2.24) is 10.3 Å². The molecule has 0 amide bonds. The van der Waals surface area contributed by atoms with Crippen LogP contribution in [0.15, 0.2) is 27.4 Å². The van der Waals surface area contributed by atoms with E-state index in [1.807, 2.05) is 12.1 Å². The van der Waals surface area contributed by atoms with E-state index < -0.39 is 11.4 Å². The number of fused-ring (bicyclic) bond motifs is 1. The molecule has 0 spiro atoms. The maximum absolute atomic E-state index is 11.0. The molecule has 92 valence electrons. The van der Waals surface area contributed by atoms with E-state index in [9.17, 15) is 9.90 Å². The fourth-order valence-corrected chi connectivity index (χ4v) is 1.61. The van der Waals surface area contributed by atoms with Crippen LogP contribution in [0.25, 0.3) is 11.1 Å². The second-order valence-electron chi connectivity index (χ2n) is 4.76. The third kappa shape index (κ3) is 3.18. The molecule has 0 unspecified atom stereocenters. The highest BCUT2D eigenvalue weighted by molar-refractivity contribution is 5.72. The quantitative estimate of drug-likeness (QED) is 0.739. The summed E-state index contributed by atoms with van der Waals surface area (Å²) in [5.41, 5.74) is 1.52. The van der Waals surface area contributed by atoms with Crippen molar-refractivity contribution < 1.29 is 9.52 Å². The molecule has 0 fully saturated rings. The SMILES string of the molecule is CC(C)(O)CNCc1ccc2[nH]c(=O)oc2c1. The fraction of sp³-hybridized carbons (Fsp3) is 0.417. The topological polar surface area (TPSA) is 78.3 Å². The molecule has 0 atom stereocenters. The lowest BCUT2D eigenvalue weighted by molar-refractivity contribution is 0.0795. The van der Waals surface area contributed by atoms with Crippen LogP contribution < -0.4 is 11.1 Å². The number of rotatable bonds is 4. The molecule has 17 heavy (non-hydrogen) atoms. The molecule has 1 aromatic carbocycles. The Morgan fingerprint density at radius 2 is 2.24 bits per heavy atom. The minimum atomic E-state index is -0.731. The zero-order valence-electron chi connectivity index (χ0n) is 9.91. The van der Waals surface area contributed by atoms with Crippen molar-refractivity contribution in [2.24, 2.45) is 0 Å². The molecule has 0 radical (unpaired) electrons. The van der Waals surface area contributed by atoms with Crippen molar-refractivity contribution in [3.05, 3.63) is 34.3 Å². The van der Waals surface area contributed by atoms with E-state index in [0.717, 1.165) is 5.56 Å². The molecule has 0 aliphatic carbocycles. The molecule has 3 N–H and O–H groups in total. The minimum Gasteiger partial charge on any atom is -0.408 e. The lowest BCUT2D eigenvalue weighted by Gasteiger charge is -2.17. The number of benzene rings is 1. The van der Waals surface area contributed by atoms with Crippen LogP contribution in [-0.2, 0) is 6.54 Å². The maximum Gasteiger partial charge on any atom is 0.417 e. The van der Waals surface area contributed by atoms with Crippen LogP contribution in [-0.4, -0.2) is 22.2 Å². The average Bonchev–Trinajstić information content (AvgIpc) is 2.55. The molecule has 2 aromatic rings. The first-order chi connectivity index (χ1) is 7.94. The predicted molar refractivity (Wildman–Crippen MR) is 64.8 cm³/mol. The van der Waals surface area contributed by atoms with Gasteiger partial charge < -0.3 is 14.8 Å². The summed E-state index contributed by atoms with van der Waals surface area (Å²) in [5, 5.41) is 12.7. The van der Waals surface area contributed by atoms with Gasteiger partial charge in [0.05, 0.1) is 11.1 Å². The van der Waals surface area contributed by atoms with Gasteiger partial charge in [0.15, 0.2) is 5.58 Å². The lowest BCUT2D eigenvalue weighted by Crippen LogP contribution is -2.34. The summed E-state index contributed by atoms with van der Waals surface area (Å²) in [6.45, 7) is 4.61. The highest BCUT2D eigenvalue weighted by atomic mass is 16.4. The Morgan fingerprint density at radius 1 is 1.47 bits per heavy atom. The Balaban J connectivity index is 2.06. The first-order valence-electron chi connectivity index (χ1n) is 5.49. The number of aromatic amines is 1. The van der Waals surface area contributed by atoms with Gasteiger partial charge in [-0.25, -0.2) is 4.79 Å². The highest BCUT2D eigenvalue weighted by Gasteiger charge is 2.11. The van der Waals surface area contributed by atoms with Crippen molar-refractivity contribution in [3.63, 3.8) is 0 Å². The van der Waals surface area contributed by atoms with Gasteiger partial charge in [0.1, 0.15) is 0 Å². The van der Waals surface area contributed by atoms with Crippen LogP contribution in [0.1, 0.15) is 19.4 Å². The summed E-state index contributed by atoms with van der Waals surface area (Å²) < 4.78 is 4.97. The van der Waals surface area contributed by atoms with Crippen LogP contribution in [0, 0.1) is 0 Å². The third-order valence-corrected chi connectivity index (χ3v) is 2.37. The van der Waals surface area contributed by atoms with Crippen molar-refractivity contribution in [2.45, 2.75) is 26.0 Å². The molecule has 5 heteroatoms. The summed E-state index contributed by atoms with van der Waals surface area (Å²) in [6.07, 6.45) is 0. The number of H-pyrrole nitrogens is 1. The van der Waals surface area contributed by atoms with Crippen LogP contribution >= 0.6 is 0 Å². The van der Waals surface area contributed by atoms with Crippen LogP contribution in [0.2, 0.25) is 0 Å². The van der Waals surface area contributed by atoms with Gasteiger partial charge in [0, 0.05) is 13.1 Å². The Kier molecular flexibility index (Phi) is 3.04. The minimum absolute atomic E-state index is 0.443. The smallest absolute Gasteiger partial charge is 0.408 e. The summed E-state index contributed by atoms with van der Waals surface area (Å²) in [4.78, 5) is 13.6. The number of oxazole rings is 1. The highest BCUT2D eigenvalue weighted by Crippen LogP contribution is 2.12. The van der Waals surface area contributed by atoms with E-state index in [1.165, 1.54) is 0 Å². The van der Waals surface area contributed by atoms with Crippen molar-refractivity contribution in [1.29, 1.82) is 0 Å². The van der Waals surface area contributed by atoms with E-state index in [0.29, 0.717) is 24.2 Å². The van der Waals surface area contributed by atoms with Crippen molar-refractivity contribution >= 4 is 11.1 Å². The Bertz CT molecular complexity index is 563.